The van der Waals surface area contributed by atoms with E-state index in [0.717, 1.165) is 5.39 Å². The lowest BCUT2D eigenvalue weighted by molar-refractivity contribution is 0.0535. The van der Waals surface area contributed by atoms with Gasteiger partial charge in [0.25, 0.3) is 11.8 Å². The van der Waals surface area contributed by atoms with Crippen molar-refractivity contribution in [3.8, 4) is 0 Å². The van der Waals surface area contributed by atoms with Crippen LogP contribution in [-0.4, -0.2) is 61.2 Å². The maximum atomic E-state index is 13.1. The number of nitrogens with zero attached hydrogens (tertiary/aromatic N) is 3. The molecule has 0 N–H and O–H groups in total. The quantitative estimate of drug-likeness (QED) is 0.378. The van der Waals surface area contributed by atoms with Gasteiger partial charge in [0.1, 0.15) is 0 Å². The van der Waals surface area contributed by atoms with Gasteiger partial charge in [0, 0.05) is 53.9 Å². The maximum absolute atomic E-state index is 13.1. The molecule has 1 aliphatic heterocycles. The van der Waals surface area contributed by atoms with Gasteiger partial charge in [-0.1, -0.05) is 41.9 Å². The number of pyridine rings is 1. The molecule has 5 rings (SSSR count). The largest absolute Gasteiger partial charge is 0.335 e. The minimum atomic E-state index is -3.64. The Hall–Kier alpha value is -3.75. The minimum Gasteiger partial charge on any atom is -0.335 e. The predicted octanol–water partition coefficient (Wildman–Crippen LogP) is 4.46. The molecule has 37 heavy (non-hydrogen) atoms. The number of piperazine rings is 1. The fourth-order valence-corrected chi connectivity index (χ4v) is 6.10. The van der Waals surface area contributed by atoms with E-state index < -0.39 is 9.84 Å². The van der Waals surface area contributed by atoms with Crippen LogP contribution in [0.5, 0.6) is 0 Å². The molecule has 1 fully saturated rings. The van der Waals surface area contributed by atoms with Gasteiger partial charge < -0.3 is 9.80 Å². The third-order valence-corrected chi connectivity index (χ3v) is 8.40. The second-order valence-electron chi connectivity index (χ2n) is 8.88. The Kier molecular flexibility index (Phi) is 6.95. The van der Waals surface area contributed by atoms with Crippen LogP contribution in [0, 0.1) is 0 Å². The molecule has 0 atom stereocenters. The summed E-state index contributed by atoms with van der Waals surface area (Å²) in [6.07, 6.45) is 1.58. The molecule has 1 aromatic heterocycles. The van der Waals surface area contributed by atoms with E-state index in [1.165, 1.54) is 0 Å². The third-order valence-electron chi connectivity index (χ3n) is 6.43. The number of carbonyl (C=O) groups excluding carboxylic acids is 2. The smallest absolute Gasteiger partial charge is 0.253 e. The summed E-state index contributed by atoms with van der Waals surface area (Å²) >= 11 is 5.90. The van der Waals surface area contributed by atoms with Crippen LogP contribution in [0.1, 0.15) is 26.3 Å². The zero-order chi connectivity index (χ0) is 26.0. The van der Waals surface area contributed by atoms with E-state index >= 15 is 0 Å². The number of hydrogen-bond donors (Lipinski definition) is 0. The molecule has 3 aromatic carbocycles. The summed E-state index contributed by atoms with van der Waals surface area (Å²) in [7, 11) is -3.64. The average molecular weight is 534 g/mol. The van der Waals surface area contributed by atoms with Crippen molar-refractivity contribution in [3.05, 3.63) is 107 Å². The lowest BCUT2D eigenvalue weighted by Gasteiger charge is -2.35. The number of fused-ring (bicyclic) bond motifs is 1. The first-order chi connectivity index (χ1) is 17.8. The van der Waals surface area contributed by atoms with Gasteiger partial charge in [0.15, 0.2) is 9.84 Å². The van der Waals surface area contributed by atoms with Crippen LogP contribution in [0.4, 0.5) is 0 Å². The molecule has 0 unspecified atom stereocenters. The molecule has 0 spiro atoms. The van der Waals surface area contributed by atoms with Gasteiger partial charge >= 0.3 is 0 Å². The predicted molar refractivity (Wildman–Crippen MR) is 142 cm³/mol. The zero-order valence-corrected chi connectivity index (χ0v) is 21.5. The van der Waals surface area contributed by atoms with Crippen LogP contribution in [-0.2, 0) is 15.6 Å². The number of hydrogen-bond acceptors (Lipinski definition) is 5. The van der Waals surface area contributed by atoms with Crippen molar-refractivity contribution in [1.29, 1.82) is 0 Å². The van der Waals surface area contributed by atoms with E-state index in [-0.39, 0.29) is 22.5 Å². The standard InChI is InChI=1S/C28H24ClN3O4S/c29-24-12-10-23(11-13-24)28(34)32-17-15-31(16-18-32)27(33)22-8-6-20(7-9-22)19-37(35,36)25-5-1-3-21-4-2-14-30-26(21)25/h1-14H,15-19H2. The summed E-state index contributed by atoms with van der Waals surface area (Å²) in [4.78, 5) is 33.6. The normalized spacial score (nSPS) is 14.1. The number of halogens is 1. The average Bonchev–Trinajstić information content (AvgIpc) is 2.92. The van der Waals surface area contributed by atoms with Crippen LogP contribution in [0.3, 0.4) is 0 Å². The second kappa shape index (κ2) is 10.3. The third kappa shape index (κ3) is 5.35. The molecule has 0 saturated carbocycles. The van der Waals surface area contributed by atoms with E-state index in [1.54, 1.807) is 82.7 Å². The van der Waals surface area contributed by atoms with E-state index in [2.05, 4.69) is 4.98 Å². The van der Waals surface area contributed by atoms with Crippen molar-refractivity contribution >= 4 is 44.2 Å². The summed E-state index contributed by atoms with van der Waals surface area (Å²) in [5.74, 6) is -0.426. The van der Waals surface area contributed by atoms with Gasteiger partial charge in [0.2, 0.25) is 0 Å². The fourth-order valence-electron chi connectivity index (χ4n) is 4.44. The maximum Gasteiger partial charge on any atom is 0.253 e. The highest BCUT2D eigenvalue weighted by Gasteiger charge is 2.26. The molecule has 7 nitrogen and oxygen atoms in total. The molecule has 4 aromatic rings. The molecular weight excluding hydrogens is 510 g/mol. The van der Waals surface area contributed by atoms with Crippen molar-refractivity contribution in [3.63, 3.8) is 0 Å². The Morgan fingerprint density at radius 3 is 1.89 bits per heavy atom. The number of amides is 2. The van der Waals surface area contributed by atoms with Crippen LogP contribution in [0.25, 0.3) is 10.9 Å². The Labute approximate surface area is 220 Å². The number of para-hydroxylation sites is 1. The number of carbonyl (C=O) groups is 2. The zero-order valence-electron chi connectivity index (χ0n) is 19.9. The first kappa shape index (κ1) is 24.9. The van der Waals surface area contributed by atoms with Crippen molar-refractivity contribution < 1.29 is 18.0 Å². The lowest BCUT2D eigenvalue weighted by Crippen LogP contribution is -2.50. The molecule has 1 aliphatic rings. The van der Waals surface area contributed by atoms with Gasteiger partial charge in [-0.3, -0.25) is 14.6 Å². The summed E-state index contributed by atoms with van der Waals surface area (Å²) in [6.45, 7) is 1.70. The summed E-state index contributed by atoms with van der Waals surface area (Å²) in [6, 6.07) is 22.1. The van der Waals surface area contributed by atoms with Crippen LogP contribution < -0.4 is 0 Å². The van der Waals surface area contributed by atoms with Crippen molar-refractivity contribution in [2.24, 2.45) is 0 Å². The van der Waals surface area contributed by atoms with E-state index in [1.807, 2.05) is 12.1 Å². The lowest BCUT2D eigenvalue weighted by atomic mass is 10.1. The minimum absolute atomic E-state index is 0.0873. The highest BCUT2D eigenvalue weighted by Crippen LogP contribution is 2.24. The van der Waals surface area contributed by atoms with Crippen LogP contribution in [0.15, 0.2) is 90.0 Å². The van der Waals surface area contributed by atoms with Gasteiger partial charge in [-0.05, 0) is 54.1 Å². The SMILES string of the molecule is O=C(c1ccc(Cl)cc1)N1CCN(C(=O)c2ccc(CS(=O)(=O)c3cccc4cccnc34)cc2)CC1. The summed E-state index contributed by atoms with van der Waals surface area (Å²) in [5.41, 5.74) is 2.08. The Morgan fingerprint density at radius 2 is 1.30 bits per heavy atom. The highest BCUT2D eigenvalue weighted by molar-refractivity contribution is 7.90. The Bertz CT molecular complexity index is 1560. The van der Waals surface area contributed by atoms with E-state index in [4.69, 9.17) is 11.6 Å². The Morgan fingerprint density at radius 1 is 0.757 bits per heavy atom. The molecule has 188 valence electrons. The molecular formula is C28H24ClN3O4S. The molecule has 2 heterocycles. The molecule has 0 aliphatic carbocycles. The van der Waals surface area contributed by atoms with Crippen LogP contribution >= 0.6 is 11.6 Å². The molecule has 1 saturated heterocycles. The van der Waals surface area contributed by atoms with Crippen molar-refractivity contribution in [2.75, 3.05) is 26.2 Å². The van der Waals surface area contributed by atoms with Crippen molar-refractivity contribution in [2.45, 2.75) is 10.6 Å². The summed E-state index contributed by atoms with van der Waals surface area (Å²) in [5, 5.41) is 1.33. The van der Waals surface area contributed by atoms with Crippen LogP contribution in [0.2, 0.25) is 5.02 Å². The highest BCUT2D eigenvalue weighted by atomic mass is 35.5. The number of rotatable bonds is 5. The fraction of sp³-hybridized carbons (Fsp3) is 0.179. The number of benzene rings is 3. The van der Waals surface area contributed by atoms with Crippen molar-refractivity contribution in [1.82, 2.24) is 14.8 Å². The van der Waals surface area contributed by atoms with Gasteiger partial charge in [0.05, 0.1) is 16.2 Å². The molecule has 9 heteroatoms. The topological polar surface area (TPSA) is 87.7 Å². The first-order valence-electron chi connectivity index (χ1n) is 11.8. The molecule has 0 bridgehead atoms. The monoisotopic (exact) mass is 533 g/mol. The van der Waals surface area contributed by atoms with E-state index in [0.29, 0.717) is 53.4 Å². The van der Waals surface area contributed by atoms with E-state index in [9.17, 15) is 18.0 Å². The second-order valence-corrected chi connectivity index (χ2v) is 11.3. The Balaban J connectivity index is 1.23. The number of sulfone groups is 1. The van der Waals surface area contributed by atoms with Gasteiger partial charge in [-0.15, -0.1) is 0 Å². The molecule has 2 amide bonds. The summed E-state index contributed by atoms with van der Waals surface area (Å²) < 4.78 is 26.3. The van der Waals surface area contributed by atoms with Gasteiger partial charge in [-0.25, -0.2) is 8.42 Å². The first-order valence-corrected chi connectivity index (χ1v) is 13.8. The molecule has 0 radical (unpaired) electrons. The van der Waals surface area contributed by atoms with Gasteiger partial charge in [-0.2, -0.15) is 0 Å². The number of aromatic nitrogens is 1.